The van der Waals surface area contributed by atoms with Crippen LogP contribution in [0.15, 0.2) is 36.0 Å². The second kappa shape index (κ2) is 7.22. The number of nitrogens with zero attached hydrogens (tertiary/aromatic N) is 3. The van der Waals surface area contributed by atoms with E-state index in [0.29, 0.717) is 12.0 Å². The van der Waals surface area contributed by atoms with Crippen LogP contribution < -0.4 is 0 Å². The van der Waals surface area contributed by atoms with Crippen LogP contribution in [0.3, 0.4) is 0 Å². The zero-order chi connectivity index (χ0) is 17.2. The highest BCUT2D eigenvalue weighted by molar-refractivity contribution is 7.11. The minimum atomic E-state index is -0.188. The van der Waals surface area contributed by atoms with Crippen molar-refractivity contribution in [2.75, 3.05) is 19.6 Å². The van der Waals surface area contributed by atoms with Crippen LogP contribution in [-0.4, -0.2) is 46.4 Å². The molecule has 0 aliphatic carbocycles. The van der Waals surface area contributed by atoms with Gasteiger partial charge in [0.25, 0.3) is 5.91 Å². The summed E-state index contributed by atoms with van der Waals surface area (Å²) in [6, 6.07) is 7.12. The van der Waals surface area contributed by atoms with E-state index in [1.165, 1.54) is 29.9 Å². The maximum Gasteiger partial charge on any atom is 0.265 e. The van der Waals surface area contributed by atoms with Gasteiger partial charge in [0.15, 0.2) is 0 Å². The molecule has 2 aromatic rings. The Hall–Kier alpha value is -1.79. The van der Waals surface area contributed by atoms with Crippen molar-refractivity contribution in [3.63, 3.8) is 0 Å². The molecule has 2 aliphatic rings. The lowest BCUT2D eigenvalue weighted by Gasteiger charge is -2.47. The van der Waals surface area contributed by atoms with E-state index < -0.39 is 0 Å². The normalized spacial score (nSPS) is 24.1. The summed E-state index contributed by atoms with van der Waals surface area (Å²) >= 11 is 1.42. The van der Waals surface area contributed by atoms with Crippen LogP contribution in [0.5, 0.6) is 0 Å². The summed E-state index contributed by atoms with van der Waals surface area (Å²) in [5.74, 6) is 0.482. The number of carbonyl (C=O) groups is 1. The van der Waals surface area contributed by atoms with Gasteiger partial charge in [0.05, 0.1) is 11.7 Å². The van der Waals surface area contributed by atoms with E-state index >= 15 is 0 Å². The average Bonchev–Trinajstić information content (AvgIpc) is 3.17. The second-order valence-electron chi connectivity index (χ2n) is 6.98. The Kier molecular flexibility index (Phi) is 4.81. The number of piperidine rings is 2. The van der Waals surface area contributed by atoms with Crippen LogP contribution >= 0.6 is 11.3 Å². The fourth-order valence-corrected chi connectivity index (χ4v) is 4.76. The third-order valence-corrected chi connectivity index (χ3v) is 6.14. The van der Waals surface area contributed by atoms with Crippen LogP contribution in [0.4, 0.5) is 4.39 Å². The highest BCUT2D eigenvalue weighted by atomic mass is 32.1. The summed E-state index contributed by atoms with van der Waals surface area (Å²) in [5, 5.41) is 0. The molecule has 0 bridgehead atoms. The first-order valence-electron chi connectivity index (χ1n) is 8.87. The van der Waals surface area contributed by atoms with E-state index in [1.54, 1.807) is 11.7 Å². The van der Waals surface area contributed by atoms with Crippen molar-refractivity contribution in [2.24, 2.45) is 5.92 Å². The third-order valence-electron chi connectivity index (χ3n) is 5.38. The number of aromatic nitrogens is 1. The molecule has 25 heavy (non-hydrogen) atoms. The number of benzene rings is 1. The molecular formula is C19H22FN3OS. The summed E-state index contributed by atoms with van der Waals surface area (Å²) in [5.41, 5.74) is 2.87. The second-order valence-corrected chi connectivity index (χ2v) is 7.87. The summed E-state index contributed by atoms with van der Waals surface area (Å²) in [6.45, 7) is 3.70. The topological polar surface area (TPSA) is 36.4 Å². The summed E-state index contributed by atoms with van der Waals surface area (Å²) in [4.78, 5) is 22.1. The molecule has 132 valence electrons. The van der Waals surface area contributed by atoms with E-state index in [1.807, 2.05) is 12.1 Å². The maximum atomic E-state index is 13.1. The molecule has 1 aromatic heterocycles. The van der Waals surface area contributed by atoms with Crippen molar-refractivity contribution in [3.05, 3.63) is 52.2 Å². The molecule has 0 saturated carbocycles. The molecule has 6 heteroatoms. The van der Waals surface area contributed by atoms with Crippen molar-refractivity contribution < 1.29 is 9.18 Å². The Balaban J connectivity index is 1.41. The summed E-state index contributed by atoms with van der Waals surface area (Å²) < 4.78 is 13.1. The number of thiazole rings is 1. The lowest BCUT2D eigenvalue weighted by atomic mass is 9.83. The monoisotopic (exact) mass is 359 g/mol. The molecular weight excluding hydrogens is 337 g/mol. The molecule has 0 radical (unpaired) electrons. The fraction of sp³-hybridized carbons (Fsp3) is 0.474. The highest BCUT2D eigenvalue weighted by Gasteiger charge is 2.38. The zero-order valence-electron chi connectivity index (χ0n) is 14.1. The molecule has 4 nitrogen and oxygen atoms in total. The van der Waals surface area contributed by atoms with Gasteiger partial charge in [-0.3, -0.25) is 14.7 Å². The molecule has 2 atom stereocenters. The summed E-state index contributed by atoms with van der Waals surface area (Å²) in [6.07, 6.45) is 4.93. The number of halogens is 1. The first kappa shape index (κ1) is 16.7. The van der Waals surface area contributed by atoms with Crippen molar-refractivity contribution >= 4 is 17.2 Å². The van der Waals surface area contributed by atoms with E-state index in [-0.39, 0.29) is 11.7 Å². The van der Waals surface area contributed by atoms with Gasteiger partial charge in [0, 0.05) is 32.2 Å². The lowest BCUT2D eigenvalue weighted by molar-refractivity contribution is 0.0187. The van der Waals surface area contributed by atoms with Crippen LogP contribution in [0.2, 0.25) is 0 Å². The number of hydrogen-bond acceptors (Lipinski definition) is 4. The molecule has 0 N–H and O–H groups in total. The van der Waals surface area contributed by atoms with E-state index in [4.69, 9.17) is 0 Å². The SMILES string of the molecule is O=C(c1cncs1)N1CCC[C@@H]2CN(Cc3ccc(F)cc3)CC[C@H]21. The van der Waals surface area contributed by atoms with Crippen LogP contribution in [0.25, 0.3) is 0 Å². The number of amides is 1. The Labute approximate surface area is 151 Å². The molecule has 3 heterocycles. The number of fused-ring (bicyclic) bond motifs is 1. The standard InChI is InChI=1S/C19H22FN3OS/c20-16-5-3-14(4-6-16)11-22-9-7-17-15(12-22)2-1-8-23(17)19(24)18-10-21-13-25-18/h3-6,10,13,15,17H,1-2,7-9,11-12H2/t15-,17-/m1/s1. The van der Waals surface area contributed by atoms with E-state index in [0.717, 1.165) is 49.5 Å². The minimum absolute atomic E-state index is 0.143. The number of carbonyl (C=O) groups excluding carboxylic acids is 1. The zero-order valence-corrected chi connectivity index (χ0v) is 14.9. The van der Waals surface area contributed by atoms with Crippen LogP contribution in [0.1, 0.15) is 34.5 Å². The van der Waals surface area contributed by atoms with Gasteiger partial charge in [-0.05, 0) is 42.9 Å². The predicted octanol–water partition coefficient (Wildman–Crippen LogP) is 3.41. The van der Waals surface area contributed by atoms with Gasteiger partial charge >= 0.3 is 0 Å². The van der Waals surface area contributed by atoms with Gasteiger partial charge < -0.3 is 4.90 Å². The minimum Gasteiger partial charge on any atom is -0.335 e. The van der Waals surface area contributed by atoms with E-state index in [9.17, 15) is 9.18 Å². The van der Waals surface area contributed by atoms with Gasteiger partial charge in [-0.2, -0.15) is 0 Å². The highest BCUT2D eigenvalue weighted by Crippen LogP contribution is 2.32. The maximum absolute atomic E-state index is 13.1. The first-order chi connectivity index (χ1) is 12.2. The smallest absolute Gasteiger partial charge is 0.265 e. The Morgan fingerprint density at radius 3 is 2.84 bits per heavy atom. The average molecular weight is 359 g/mol. The Morgan fingerprint density at radius 1 is 1.24 bits per heavy atom. The van der Waals surface area contributed by atoms with Crippen molar-refractivity contribution in [1.29, 1.82) is 0 Å². The quantitative estimate of drug-likeness (QED) is 0.843. The number of hydrogen-bond donors (Lipinski definition) is 0. The number of rotatable bonds is 3. The molecule has 2 aliphatic heterocycles. The number of likely N-dealkylation sites (tertiary alicyclic amines) is 2. The van der Waals surface area contributed by atoms with Crippen molar-refractivity contribution in [2.45, 2.75) is 31.8 Å². The fourth-order valence-electron chi connectivity index (χ4n) is 4.19. The third kappa shape index (κ3) is 3.60. The molecule has 0 unspecified atom stereocenters. The van der Waals surface area contributed by atoms with E-state index in [2.05, 4.69) is 14.8 Å². The lowest BCUT2D eigenvalue weighted by Crippen LogP contribution is -2.55. The van der Waals surface area contributed by atoms with Gasteiger partial charge in [-0.15, -0.1) is 11.3 Å². The first-order valence-corrected chi connectivity index (χ1v) is 9.75. The van der Waals surface area contributed by atoms with Gasteiger partial charge in [0.2, 0.25) is 0 Å². The Morgan fingerprint density at radius 2 is 2.08 bits per heavy atom. The summed E-state index contributed by atoms with van der Waals surface area (Å²) in [7, 11) is 0. The molecule has 2 saturated heterocycles. The molecule has 1 amide bonds. The van der Waals surface area contributed by atoms with Gasteiger partial charge in [-0.1, -0.05) is 12.1 Å². The van der Waals surface area contributed by atoms with Crippen molar-refractivity contribution in [3.8, 4) is 0 Å². The predicted molar refractivity (Wildman–Crippen MR) is 96.0 cm³/mol. The van der Waals surface area contributed by atoms with Gasteiger partial charge in [-0.25, -0.2) is 4.39 Å². The molecule has 0 spiro atoms. The van der Waals surface area contributed by atoms with Crippen molar-refractivity contribution in [1.82, 2.24) is 14.8 Å². The van der Waals surface area contributed by atoms with Gasteiger partial charge in [0.1, 0.15) is 10.7 Å². The molecule has 2 fully saturated rings. The van der Waals surface area contributed by atoms with Crippen LogP contribution in [0, 0.1) is 11.7 Å². The molecule has 4 rings (SSSR count). The molecule has 1 aromatic carbocycles. The Bertz CT molecular complexity index is 719. The largest absolute Gasteiger partial charge is 0.335 e. The van der Waals surface area contributed by atoms with Crippen LogP contribution in [-0.2, 0) is 6.54 Å².